The monoisotopic (exact) mass is 232 g/mol. The summed E-state index contributed by atoms with van der Waals surface area (Å²) < 4.78 is 0. The van der Waals surface area contributed by atoms with Crippen molar-refractivity contribution >= 4 is 11.3 Å². The second-order valence-corrected chi connectivity index (χ2v) is 4.62. The number of thiazole rings is 1. The zero-order chi connectivity index (χ0) is 11.2. The van der Waals surface area contributed by atoms with E-state index >= 15 is 0 Å². The summed E-state index contributed by atoms with van der Waals surface area (Å²) in [6.07, 6.45) is 3.09. The molecule has 2 aromatic rings. The Morgan fingerprint density at radius 3 is 2.75 bits per heavy atom. The summed E-state index contributed by atoms with van der Waals surface area (Å²) in [5.41, 5.74) is 3.19. The number of rotatable bonds is 5. The lowest BCUT2D eigenvalue weighted by Crippen LogP contribution is -2.22. The smallest absolute Gasteiger partial charge is 0.0794 e. The van der Waals surface area contributed by atoms with Crippen molar-refractivity contribution in [2.75, 3.05) is 6.54 Å². The molecule has 0 saturated carbocycles. The fraction of sp³-hybridized carbons (Fsp3) is 0.308. The van der Waals surface area contributed by atoms with E-state index in [4.69, 9.17) is 0 Å². The first-order chi connectivity index (χ1) is 7.92. The van der Waals surface area contributed by atoms with E-state index < -0.39 is 0 Å². The van der Waals surface area contributed by atoms with E-state index in [0.717, 1.165) is 13.0 Å². The lowest BCUT2D eigenvalue weighted by Gasteiger charge is -2.16. The van der Waals surface area contributed by atoms with Gasteiger partial charge < -0.3 is 5.32 Å². The molecule has 0 amide bonds. The van der Waals surface area contributed by atoms with Crippen LogP contribution >= 0.6 is 11.3 Å². The Kier molecular flexibility index (Phi) is 4.08. The van der Waals surface area contributed by atoms with Crippen molar-refractivity contribution in [3.8, 4) is 0 Å². The number of nitrogens with zero attached hydrogens (tertiary/aromatic N) is 1. The Morgan fingerprint density at radius 1 is 1.31 bits per heavy atom. The number of nitrogens with one attached hydrogen (secondary N) is 1. The lowest BCUT2D eigenvalue weighted by molar-refractivity contribution is 0.605. The van der Waals surface area contributed by atoms with Crippen LogP contribution in [0.1, 0.15) is 29.8 Å². The summed E-state index contributed by atoms with van der Waals surface area (Å²) in [6.45, 7) is 3.21. The van der Waals surface area contributed by atoms with Crippen LogP contribution in [-0.2, 0) is 0 Å². The molecule has 2 nitrogen and oxygen atoms in total. The molecule has 0 spiro atoms. The topological polar surface area (TPSA) is 24.9 Å². The number of aromatic nitrogens is 1. The minimum atomic E-state index is 0.286. The van der Waals surface area contributed by atoms with Crippen LogP contribution < -0.4 is 5.32 Å². The van der Waals surface area contributed by atoms with Crippen LogP contribution in [0.2, 0.25) is 0 Å². The minimum absolute atomic E-state index is 0.286. The predicted molar refractivity (Wildman–Crippen MR) is 68.7 cm³/mol. The average molecular weight is 232 g/mol. The summed E-state index contributed by atoms with van der Waals surface area (Å²) in [6, 6.07) is 10.8. The van der Waals surface area contributed by atoms with Crippen molar-refractivity contribution in [3.63, 3.8) is 0 Å². The van der Waals surface area contributed by atoms with E-state index in [0.29, 0.717) is 0 Å². The third-order valence-electron chi connectivity index (χ3n) is 2.47. The third-order valence-corrected chi connectivity index (χ3v) is 3.31. The van der Waals surface area contributed by atoms with Crippen molar-refractivity contribution in [2.45, 2.75) is 19.4 Å². The van der Waals surface area contributed by atoms with Crippen LogP contribution in [0.4, 0.5) is 0 Å². The van der Waals surface area contributed by atoms with E-state index in [1.807, 2.05) is 17.8 Å². The van der Waals surface area contributed by atoms with Gasteiger partial charge in [-0.25, -0.2) is 0 Å². The second kappa shape index (κ2) is 5.77. The maximum absolute atomic E-state index is 4.16. The normalized spacial score (nSPS) is 12.6. The van der Waals surface area contributed by atoms with Gasteiger partial charge in [-0.2, -0.15) is 0 Å². The first-order valence-corrected chi connectivity index (χ1v) is 6.46. The quantitative estimate of drug-likeness (QED) is 0.856. The Labute approximate surface area is 100 Å². The van der Waals surface area contributed by atoms with Gasteiger partial charge >= 0.3 is 0 Å². The summed E-state index contributed by atoms with van der Waals surface area (Å²) >= 11 is 1.70. The van der Waals surface area contributed by atoms with Gasteiger partial charge in [-0.3, -0.25) is 4.98 Å². The minimum Gasteiger partial charge on any atom is -0.306 e. The Balaban J connectivity index is 2.21. The van der Waals surface area contributed by atoms with Crippen molar-refractivity contribution in [3.05, 3.63) is 52.5 Å². The second-order valence-electron chi connectivity index (χ2n) is 3.70. The maximum atomic E-state index is 4.16. The van der Waals surface area contributed by atoms with E-state index in [1.54, 1.807) is 11.3 Å². The van der Waals surface area contributed by atoms with Gasteiger partial charge in [0.15, 0.2) is 0 Å². The van der Waals surface area contributed by atoms with Crippen molar-refractivity contribution in [1.29, 1.82) is 0 Å². The Morgan fingerprint density at radius 2 is 2.12 bits per heavy atom. The fourth-order valence-corrected chi connectivity index (χ4v) is 2.41. The molecule has 0 saturated heterocycles. The van der Waals surface area contributed by atoms with Crippen molar-refractivity contribution in [1.82, 2.24) is 10.3 Å². The molecule has 1 N–H and O–H groups in total. The molecule has 2 rings (SSSR count). The largest absolute Gasteiger partial charge is 0.306 e. The summed E-state index contributed by atoms with van der Waals surface area (Å²) in [5, 5.41) is 3.56. The highest BCUT2D eigenvalue weighted by molar-refractivity contribution is 7.09. The number of benzene rings is 1. The predicted octanol–water partition coefficient (Wildman–Crippen LogP) is 3.23. The number of hydrogen-bond donors (Lipinski definition) is 1. The van der Waals surface area contributed by atoms with Gasteiger partial charge in [0.05, 0.1) is 11.6 Å². The molecule has 3 heteroatoms. The van der Waals surface area contributed by atoms with Crippen LogP contribution in [-0.4, -0.2) is 11.5 Å². The molecule has 0 bridgehead atoms. The molecular formula is C13H16N2S. The fourth-order valence-electron chi connectivity index (χ4n) is 1.69. The standard InChI is InChI=1S/C13H16N2S/c1-2-8-15-13(12-9-14-10-16-12)11-6-4-3-5-7-11/h3-7,9-10,13,15H,2,8H2,1H3. The van der Waals surface area contributed by atoms with E-state index in [2.05, 4.69) is 41.5 Å². The maximum Gasteiger partial charge on any atom is 0.0794 e. The van der Waals surface area contributed by atoms with Gasteiger partial charge in [0.2, 0.25) is 0 Å². The van der Waals surface area contributed by atoms with Crippen LogP contribution in [0.25, 0.3) is 0 Å². The van der Waals surface area contributed by atoms with E-state index in [-0.39, 0.29) is 6.04 Å². The molecule has 1 aromatic carbocycles. The Bertz CT molecular complexity index is 397. The van der Waals surface area contributed by atoms with Gasteiger partial charge in [-0.15, -0.1) is 11.3 Å². The zero-order valence-corrected chi connectivity index (χ0v) is 10.2. The van der Waals surface area contributed by atoms with Crippen LogP contribution in [0, 0.1) is 0 Å². The molecular weight excluding hydrogens is 216 g/mol. The van der Waals surface area contributed by atoms with E-state index in [9.17, 15) is 0 Å². The van der Waals surface area contributed by atoms with Crippen molar-refractivity contribution < 1.29 is 0 Å². The van der Waals surface area contributed by atoms with Crippen LogP contribution in [0.15, 0.2) is 42.0 Å². The van der Waals surface area contributed by atoms with Gasteiger partial charge in [0, 0.05) is 11.1 Å². The SMILES string of the molecule is CCCNC(c1ccccc1)c1cncs1. The molecule has 0 aliphatic rings. The summed E-state index contributed by atoms with van der Waals surface area (Å²) in [4.78, 5) is 5.43. The van der Waals surface area contributed by atoms with E-state index in [1.165, 1.54) is 10.4 Å². The first-order valence-electron chi connectivity index (χ1n) is 5.58. The number of hydrogen-bond acceptors (Lipinski definition) is 3. The zero-order valence-electron chi connectivity index (χ0n) is 9.39. The Hall–Kier alpha value is -1.19. The molecule has 1 unspecified atom stereocenters. The van der Waals surface area contributed by atoms with Gasteiger partial charge in [0.25, 0.3) is 0 Å². The average Bonchev–Trinajstić information content (AvgIpc) is 2.85. The van der Waals surface area contributed by atoms with Crippen molar-refractivity contribution in [2.24, 2.45) is 0 Å². The highest BCUT2D eigenvalue weighted by atomic mass is 32.1. The molecule has 1 aromatic heterocycles. The third kappa shape index (κ3) is 2.68. The molecule has 16 heavy (non-hydrogen) atoms. The van der Waals surface area contributed by atoms with Crippen LogP contribution in [0.3, 0.4) is 0 Å². The molecule has 0 fully saturated rings. The van der Waals surface area contributed by atoms with Crippen LogP contribution in [0.5, 0.6) is 0 Å². The molecule has 0 aliphatic heterocycles. The van der Waals surface area contributed by atoms with Gasteiger partial charge in [-0.05, 0) is 18.5 Å². The molecule has 1 heterocycles. The molecule has 84 valence electrons. The van der Waals surface area contributed by atoms with Gasteiger partial charge in [0.1, 0.15) is 0 Å². The highest BCUT2D eigenvalue weighted by Gasteiger charge is 2.13. The highest BCUT2D eigenvalue weighted by Crippen LogP contribution is 2.24. The van der Waals surface area contributed by atoms with Gasteiger partial charge in [-0.1, -0.05) is 37.3 Å². The molecule has 1 atom stereocenters. The summed E-state index contributed by atoms with van der Waals surface area (Å²) in [7, 11) is 0. The molecule has 0 aliphatic carbocycles. The summed E-state index contributed by atoms with van der Waals surface area (Å²) in [5.74, 6) is 0. The molecule has 0 radical (unpaired) electrons. The lowest BCUT2D eigenvalue weighted by atomic mass is 10.1. The first kappa shape index (κ1) is 11.3.